The molecule has 3 heterocycles. The molecule has 3 aromatic rings. The number of nitrogens with zero attached hydrogens (tertiary/aromatic N) is 2. The number of amides is 3. The number of hydrogen-bond acceptors (Lipinski definition) is 4. The van der Waals surface area contributed by atoms with Crippen LogP contribution in [0.2, 0.25) is 5.15 Å². The molecule has 0 aliphatic carbocycles. The number of nitrogens with one attached hydrogen (secondary N) is 1. The maximum absolute atomic E-state index is 12.9. The molecular formula is C20H18ClN3O3. The number of urea groups is 1. The van der Waals surface area contributed by atoms with E-state index in [1.165, 1.54) is 6.26 Å². The van der Waals surface area contributed by atoms with Crippen molar-refractivity contribution in [3.05, 3.63) is 64.2 Å². The van der Waals surface area contributed by atoms with Crippen molar-refractivity contribution < 1.29 is 14.0 Å². The Balaban J connectivity index is 1.70. The van der Waals surface area contributed by atoms with Gasteiger partial charge in [0.25, 0.3) is 5.91 Å². The molecule has 138 valence electrons. The Morgan fingerprint density at radius 2 is 2.04 bits per heavy atom. The highest BCUT2D eigenvalue weighted by Gasteiger charge is 2.51. The van der Waals surface area contributed by atoms with Gasteiger partial charge in [0, 0.05) is 10.9 Å². The number of hydrogen-bond donors (Lipinski definition) is 1. The number of halogens is 1. The topological polar surface area (TPSA) is 75.4 Å². The van der Waals surface area contributed by atoms with Crippen LogP contribution in [0.4, 0.5) is 4.79 Å². The number of fused-ring (bicyclic) bond motifs is 1. The van der Waals surface area contributed by atoms with Gasteiger partial charge in [-0.3, -0.25) is 9.69 Å². The molecule has 27 heavy (non-hydrogen) atoms. The normalized spacial score (nSPS) is 19.8. The van der Waals surface area contributed by atoms with Crippen molar-refractivity contribution in [1.29, 1.82) is 0 Å². The minimum Gasteiger partial charge on any atom is -0.466 e. The van der Waals surface area contributed by atoms with Crippen LogP contribution in [0.25, 0.3) is 10.9 Å². The number of imide groups is 1. The molecule has 7 heteroatoms. The Kier molecular flexibility index (Phi) is 3.96. The fourth-order valence-corrected chi connectivity index (χ4v) is 3.55. The Morgan fingerprint density at radius 1 is 1.26 bits per heavy atom. The smallest absolute Gasteiger partial charge is 0.325 e. The number of pyridine rings is 1. The summed E-state index contributed by atoms with van der Waals surface area (Å²) < 4.78 is 5.34. The van der Waals surface area contributed by atoms with Gasteiger partial charge in [0.1, 0.15) is 10.9 Å². The second kappa shape index (κ2) is 6.09. The number of aromatic nitrogens is 1. The van der Waals surface area contributed by atoms with E-state index < -0.39 is 17.5 Å². The molecule has 0 spiro atoms. The molecule has 1 aromatic carbocycles. The molecule has 0 bridgehead atoms. The van der Waals surface area contributed by atoms with Gasteiger partial charge in [-0.05, 0) is 50.1 Å². The molecule has 1 aliphatic rings. The molecule has 6 nitrogen and oxygen atoms in total. The quantitative estimate of drug-likeness (QED) is 0.546. The Labute approximate surface area is 161 Å². The third-order valence-electron chi connectivity index (χ3n) is 5.16. The van der Waals surface area contributed by atoms with Gasteiger partial charge in [-0.1, -0.05) is 23.7 Å². The number of benzene rings is 1. The van der Waals surface area contributed by atoms with Crippen LogP contribution in [0.3, 0.4) is 0 Å². The van der Waals surface area contributed by atoms with E-state index in [0.717, 1.165) is 26.9 Å². The summed E-state index contributed by atoms with van der Waals surface area (Å²) in [5, 5.41) is 3.90. The lowest BCUT2D eigenvalue weighted by Gasteiger charge is -2.19. The van der Waals surface area contributed by atoms with Crippen LogP contribution >= 0.6 is 11.6 Å². The maximum atomic E-state index is 12.9. The van der Waals surface area contributed by atoms with Crippen molar-refractivity contribution in [3.8, 4) is 0 Å². The fourth-order valence-electron chi connectivity index (χ4n) is 3.36. The molecule has 1 unspecified atom stereocenters. The van der Waals surface area contributed by atoms with E-state index >= 15 is 0 Å². The molecular weight excluding hydrogens is 366 g/mol. The van der Waals surface area contributed by atoms with Gasteiger partial charge in [0.2, 0.25) is 0 Å². The van der Waals surface area contributed by atoms with Crippen molar-refractivity contribution in [3.63, 3.8) is 0 Å². The third kappa shape index (κ3) is 2.68. The first-order valence-electron chi connectivity index (χ1n) is 8.54. The number of furan rings is 1. The van der Waals surface area contributed by atoms with Gasteiger partial charge in [0.15, 0.2) is 5.54 Å². The van der Waals surface area contributed by atoms with E-state index in [1.54, 1.807) is 19.1 Å². The van der Waals surface area contributed by atoms with Crippen LogP contribution in [0.5, 0.6) is 0 Å². The molecule has 1 saturated heterocycles. The lowest BCUT2D eigenvalue weighted by Crippen LogP contribution is -2.40. The number of rotatable bonds is 3. The lowest BCUT2D eigenvalue weighted by molar-refractivity contribution is -0.132. The zero-order valence-electron chi connectivity index (χ0n) is 15.2. The van der Waals surface area contributed by atoms with Crippen LogP contribution in [-0.2, 0) is 16.9 Å². The van der Waals surface area contributed by atoms with Gasteiger partial charge in [-0.2, -0.15) is 0 Å². The van der Waals surface area contributed by atoms with Crippen molar-refractivity contribution in [2.45, 2.75) is 32.9 Å². The largest absolute Gasteiger partial charge is 0.466 e. The molecule has 1 fully saturated rings. The van der Waals surface area contributed by atoms with Crippen LogP contribution < -0.4 is 5.32 Å². The molecule has 0 saturated carbocycles. The van der Waals surface area contributed by atoms with Gasteiger partial charge < -0.3 is 9.73 Å². The molecule has 0 radical (unpaired) electrons. The summed E-state index contributed by atoms with van der Waals surface area (Å²) in [5.74, 6) is -0.00381. The van der Waals surface area contributed by atoms with Gasteiger partial charge in [-0.15, -0.1) is 0 Å². The molecule has 1 atom stereocenters. The average molecular weight is 384 g/mol. The highest BCUT2D eigenvalue weighted by atomic mass is 35.5. The van der Waals surface area contributed by atoms with E-state index in [9.17, 15) is 9.59 Å². The first-order valence-corrected chi connectivity index (χ1v) is 8.92. The predicted molar refractivity (Wildman–Crippen MR) is 101 cm³/mol. The van der Waals surface area contributed by atoms with E-state index in [1.807, 2.05) is 32.0 Å². The minimum atomic E-state index is -1.23. The minimum absolute atomic E-state index is 0.0374. The summed E-state index contributed by atoms with van der Waals surface area (Å²) in [6.07, 6.45) is 1.47. The Morgan fingerprint density at radius 3 is 2.74 bits per heavy atom. The molecule has 2 aromatic heterocycles. The van der Waals surface area contributed by atoms with Crippen LogP contribution in [0.15, 0.2) is 41.0 Å². The predicted octanol–water partition coefficient (Wildman–Crippen LogP) is 4.07. The van der Waals surface area contributed by atoms with Crippen molar-refractivity contribution in [2.75, 3.05) is 0 Å². The van der Waals surface area contributed by atoms with Crippen LogP contribution in [0.1, 0.15) is 29.4 Å². The summed E-state index contributed by atoms with van der Waals surface area (Å²) in [5.41, 5.74) is 2.38. The SMILES string of the molecule is Cc1ccc2cc(CN3C(=O)NC(C)(c4ccco4)C3=O)c(Cl)nc2c1C. The van der Waals surface area contributed by atoms with Crippen molar-refractivity contribution in [1.82, 2.24) is 15.2 Å². The first-order chi connectivity index (χ1) is 12.8. The van der Waals surface area contributed by atoms with Gasteiger partial charge in [-0.25, -0.2) is 9.78 Å². The van der Waals surface area contributed by atoms with E-state index in [2.05, 4.69) is 10.3 Å². The second-order valence-electron chi connectivity index (χ2n) is 6.94. The van der Waals surface area contributed by atoms with Gasteiger partial charge >= 0.3 is 6.03 Å². The summed E-state index contributed by atoms with van der Waals surface area (Å²) in [6.45, 7) is 5.67. The molecule has 3 amide bonds. The van der Waals surface area contributed by atoms with Crippen molar-refractivity contribution >= 4 is 34.4 Å². The van der Waals surface area contributed by atoms with E-state index in [0.29, 0.717) is 11.3 Å². The zero-order chi connectivity index (χ0) is 19.3. The number of carbonyl (C=O) groups is 2. The lowest BCUT2D eigenvalue weighted by atomic mass is 9.99. The number of carbonyl (C=O) groups excluding carboxylic acids is 2. The second-order valence-corrected chi connectivity index (χ2v) is 7.30. The number of aryl methyl sites for hydroxylation is 2. The van der Waals surface area contributed by atoms with Gasteiger partial charge in [0.05, 0.1) is 18.3 Å². The summed E-state index contributed by atoms with van der Waals surface area (Å²) >= 11 is 6.37. The van der Waals surface area contributed by atoms with Crippen LogP contribution in [0, 0.1) is 13.8 Å². The van der Waals surface area contributed by atoms with E-state index in [4.69, 9.17) is 16.0 Å². The standard InChI is InChI=1S/C20H18ClN3O3/c1-11-6-7-13-9-14(17(21)22-16(13)12(11)2)10-24-18(25)20(3,23-19(24)26)15-5-4-8-27-15/h4-9H,10H2,1-3H3,(H,23,26). The monoisotopic (exact) mass is 383 g/mol. The highest BCUT2D eigenvalue weighted by molar-refractivity contribution is 6.30. The molecule has 1 N–H and O–H groups in total. The zero-order valence-corrected chi connectivity index (χ0v) is 15.9. The highest BCUT2D eigenvalue weighted by Crippen LogP contribution is 2.32. The van der Waals surface area contributed by atoms with Crippen LogP contribution in [-0.4, -0.2) is 21.8 Å². The summed E-state index contributed by atoms with van der Waals surface area (Å²) in [6, 6.07) is 8.70. The molecule has 4 rings (SSSR count). The first kappa shape index (κ1) is 17.5. The fraction of sp³-hybridized carbons (Fsp3) is 0.250. The summed E-state index contributed by atoms with van der Waals surface area (Å²) in [4.78, 5) is 31.0. The van der Waals surface area contributed by atoms with Crippen molar-refractivity contribution in [2.24, 2.45) is 0 Å². The maximum Gasteiger partial charge on any atom is 0.325 e. The Bertz CT molecular complexity index is 1080. The van der Waals surface area contributed by atoms with E-state index in [-0.39, 0.29) is 11.7 Å². The third-order valence-corrected chi connectivity index (χ3v) is 5.48. The summed E-state index contributed by atoms with van der Waals surface area (Å²) in [7, 11) is 0. The average Bonchev–Trinajstić information content (AvgIpc) is 3.24. The Hall–Kier alpha value is -2.86. The molecule has 1 aliphatic heterocycles.